The van der Waals surface area contributed by atoms with Gasteiger partial charge >= 0.3 is 0 Å². The van der Waals surface area contributed by atoms with Crippen LogP contribution in [0.25, 0.3) is 0 Å². The fraction of sp³-hybridized carbons (Fsp3) is 0.696. The summed E-state index contributed by atoms with van der Waals surface area (Å²) in [5.41, 5.74) is 1.20. The van der Waals surface area contributed by atoms with E-state index in [9.17, 15) is 4.79 Å². The maximum absolute atomic E-state index is 12.6. The highest BCUT2D eigenvalue weighted by molar-refractivity contribution is 5.76. The molecule has 4 nitrogen and oxygen atoms in total. The van der Waals surface area contributed by atoms with Crippen LogP contribution in [0.2, 0.25) is 0 Å². The predicted molar refractivity (Wildman–Crippen MR) is 109 cm³/mol. The molecular weight excluding hydrogens is 334 g/mol. The Morgan fingerprint density at radius 3 is 2.63 bits per heavy atom. The van der Waals surface area contributed by atoms with Crippen molar-refractivity contribution in [2.75, 3.05) is 39.8 Å². The third-order valence-corrected chi connectivity index (χ3v) is 6.95. The van der Waals surface area contributed by atoms with Crippen LogP contribution < -0.4 is 0 Å². The molecule has 3 saturated heterocycles. The van der Waals surface area contributed by atoms with E-state index in [1.165, 1.54) is 63.8 Å². The van der Waals surface area contributed by atoms with E-state index < -0.39 is 0 Å². The Bertz CT molecular complexity index is 615. The molecule has 4 aliphatic rings. The normalized spacial score (nSPS) is 26.6. The Hall–Kier alpha value is -1.39. The van der Waals surface area contributed by atoms with Crippen molar-refractivity contribution >= 4 is 5.91 Å². The van der Waals surface area contributed by atoms with Crippen molar-refractivity contribution < 1.29 is 4.79 Å². The van der Waals surface area contributed by atoms with E-state index in [1.54, 1.807) is 0 Å². The molecule has 0 radical (unpaired) electrons. The lowest BCUT2D eigenvalue weighted by molar-refractivity contribution is -0.130. The second-order valence-corrected chi connectivity index (χ2v) is 9.09. The molecular formula is C23H35N3O. The molecule has 3 heterocycles. The summed E-state index contributed by atoms with van der Waals surface area (Å²) in [4.78, 5) is 19.9. The van der Waals surface area contributed by atoms with E-state index in [1.807, 2.05) is 30.1 Å². The fourth-order valence-corrected chi connectivity index (χ4v) is 5.08. The summed E-state index contributed by atoms with van der Waals surface area (Å²) < 4.78 is 0. The maximum Gasteiger partial charge on any atom is 0.223 e. The first kappa shape index (κ1) is 18.9. The molecule has 0 aromatic heterocycles. The van der Waals surface area contributed by atoms with Gasteiger partial charge in [-0.15, -0.1) is 0 Å². The Kier molecular flexibility index (Phi) is 6.14. The van der Waals surface area contributed by atoms with Crippen molar-refractivity contribution in [2.24, 2.45) is 11.8 Å². The van der Waals surface area contributed by atoms with Crippen molar-refractivity contribution in [3.05, 3.63) is 35.9 Å². The third-order valence-electron chi connectivity index (χ3n) is 6.95. The van der Waals surface area contributed by atoms with Crippen LogP contribution in [0.3, 0.4) is 0 Å². The molecule has 1 aromatic carbocycles. The minimum absolute atomic E-state index is 0.266. The summed E-state index contributed by atoms with van der Waals surface area (Å²) in [6.07, 6.45) is 7.71. The topological polar surface area (TPSA) is 26.8 Å². The first-order valence-electron chi connectivity index (χ1n) is 10.9. The molecule has 0 spiro atoms. The van der Waals surface area contributed by atoms with Gasteiger partial charge in [0.05, 0.1) is 0 Å². The molecule has 3 aliphatic heterocycles. The summed E-state index contributed by atoms with van der Waals surface area (Å²) in [5.74, 6) is 2.04. The Balaban J connectivity index is 1.25. The van der Waals surface area contributed by atoms with E-state index >= 15 is 0 Å². The molecule has 2 atom stereocenters. The van der Waals surface area contributed by atoms with Crippen LogP contribution in [-0.2, 0) is 11.3 Å². The highest BCUT2D eigenvalue weighted by Crippen LogP contribution is 2.33. The van der Waals surface area contributed by atoms with Crippen molar-refractivity contribution in [3.63, 3.8) is 0 Å². The smallest absolute Gasteiger partial charge is 0.223 e. The number of nitrogens with zero attached hydrogens (tertiary/aromatic N) is 3. The van der Waals surface area contributed by atoms with Gasteiger partial charge in [-0.2, -0.15) is 0 Å². The second kappa shape index (κ2) is 8.74. The van der Waals surface area contributed by atoms with Gasteiger partial charge in [0, 0.05) is 58.8 Å². The first-order valence-corrected chi connectivity index (χ1v) is 10.9. The summed E-state index contributed by atoms with van der Waals surface area (Å²) in [5, 5.41) is 0. The van der Waals surface area contributed by atoms with Gasteiger partial charge in [0.25, 0.3) is 0 Å². The zero-order valence-corrected chi connectivity index (χ0v) is 16.9. The van der Waals surface area contributed by atoms with Crippen LogP contribution in [0.5, 0.6) is 0 Å². The van der Waals surface area contributed by atoms with E-state index in [0.29, 0.717) is 13.0 Å². The molecule has 4 heteroatoms. The Labute approximate surface area is 164 Å². The van der Waals surface area contributed by atoms with E-state index in [0.717, 1.165) is 24.4 Å². The zero-order chi connectivity index (χ0) is 18.6. The molecule has 1 saturated carbocycles. The number of amides is 1. The van der Waals surface area contributed by atoms with Crippen molar-refractivity contribution in [1.82, 2.24) is 14.7 Å². The molecule has 1 amide bonds. The highest BCUT2D eigenvalue weighted by Gasteiger charge is 2.36. The number of hydrogen-bond donors (Lipinski definition) is 0. The van der Waals surface area contributed by atoms with Crippen molar-refractivity contribution in [3.8, 4) is 0 Å². The van der Waals surface area contributed by atoms with Crippen molar-refractivity contribution in [2.45, 2.75) is 51.1 Å². The van der Waals surface area contributed by atoms with Crippen LogP contribution >= 0.6 is 0 Å². The SMILES string of the molecule is CN(Cc1ccccc1)C(=O)CCN1C[C@H]2CC[C@@H](C1)N(CC1CCC1)C2. The minimum Gasteiger partial charge on any atom is -0.341 e. The van der Waals surface area contributed by atoms with Gasteiger partial charge in [0.15, 0.2) is 0 Å². The fourth-order valence-electron chi connectivity index (χ4n) is 5.08. The molecule has 0 N–H and O–H groups in total. The number of piperidine rings is 1. The number of benzene rings is 1. The third kappa shape index (κ3) is 4.91. The van der Waals surface area contributed by atoms with E-state index in [2.05, 4.69) is 21.9 Å². The van der Waals surface area contributed by atoms with Gasteiger partial charge in [0.1, 0.15) is 0 Å². The van der Waals surface area contributed by atoms with E-state index in [4.69, 9.17) is 0 Å². The molecule has 0 unspecified atom stereocenters. The quantitative estimate of drug-likeness (QED) is 0.738. The average molecular weight is 370 g/mol. The molecule has 27 heavy (non-hydrogen) atoms. The standard InChI is InChI=1S/C23H35N3O/c1-24(14-19-6-3-2-4-7-19)23(27)12-13-25-15-21-10-11-22(18-25)26(17-21)16-20-8-5-9-20/h2-4,6-7,20-22H,5,8-18H2,1H3/t21-,22+/m1/s1. The largest absolute Gasteiger partial charge is 0.341 e. The van der Waals surface area contributed by atoms with Crippen LogP contribution in [0, 0.1) is 11.8 Å². The first-order chi connectivity index (χ1) is 13.2. The maximum atomic E-state index is 12.6. The average Bonchev–Trinajstić information content (AvgIpc) is 2.94. The number of fused-ring (bicyclic) bond motifs is 4. The summed E-state index contributed by atoms with van der Waals surface area (Å²) >= 11 is 0. The van der Waals surface area contributed by atoms with Gasteiger partial charge in [-0.1, -0.05) is 36.8 Å². The number of hydrogen-bond acceptors (Lipinski definition) is 3. The molecule has 5 rings (SSSR count). The molecule has 4 fully saturated rings. The molecule has 1 aromatic rings. The Morgan fingerprint density at radius 2 is 1.89 bits per heavy atom. The number of carbonyl (C=O) groups is 1. The molecule has 1 aliphatic carbocycles. The summed E-state index contributed by atoms with van der Waals surface area (Å²) in [6.45, 7) is 6.60. The minimum atomic E-state index is 0.266. The number of rotatable bonds is 7. The Morgan fingerprint density at radius 1 is 1.07 bits per heavy atom. The summed E-state index contributed by atoms with van der Waals surface area (Å²) in [6, 6.07) is 11.0. The molecule has 148 valence electrons. The van der Waals surface area contributed by atoms with Gasteiger partial charge in [-0.05, 0) is 43.1 Å². The van der Waals surface area contributed by atoms with Crippen LogP contribution in [0.1, 0.15) is 44.1 Å². The monoisotopic (exact) mass is 369 g/mol. The van der Waals surface area contributed by atoms with Gasteiger partial charge < -0.3 is 9.80 Å². The zero-order valence-electron chi connectivity index (χ0n) is 16.9. The second-order valence-electron chi connectivity index (χ2n) is 9.09. The number of carbonyl (C=O) groups excluding carboxylic acids is 1. The summed E-state index contributed by atoms with van der Waals surface area (Å²) in [7, 11) is 1.93. The predicted octanol–water partition coefficient (Wildman–Crippen LogP) is 3.23. The lowest BCUT2D eigenvalue weighted by Crippen LogP contribution is -2.47. The molecule has 2 bridgehead atoms. The van der Waals surface area contributed by atoms with Crippen LogP contribution in [0.4, 0.5) is 0 Å². The van der Waals surface area contributed by atoms with Gasteiger partial charge in [-0.3, -0.25) is 9.69 Å². The lowest BCUT2D eigenvalue weighted by Gasteiger charge is -2.40. The van der Waals surface area contributed by atoms with Crippen molar-refractivity contribution in [1.29, 1.82) is 0 Å². The van der Waals surface area contributed by atoms with E-state index in [-0.39, 0.29) is 5.91 Å². The van der Waals surface area contributed by atoms with Gasteiger partial charge in [-0.25, -0.2) is 0 Å². The van der Waals surface area contributed by atoms with Crippen LogP contribution in [0.15, 0.2) is 30.3 Å². The highest BCUT2D eigenvalue weighted by atomic mass is 16.2. The lowest BCUT2D eigenvalue weighted by atomic mass is 9.83. The van der Waals surface area contributed by atoms with Crippen LogP contribution in [-0.4, -0.2) is 66.4 Å². The van der Waals surface area contributed by atoms with Gasteiger partial charge in [0.2, 0.25) is 5.91 Å².